The number of nitrogens with two attached hydrogens (primary N) is 1. The lowest BCUT2D eigenvalue weighted by molar-refractivity contribution is 0.0992. The van der Waals surface area contributed by atoms with Gasteiger partial charge in [-0.25, -0.2) is 0 Å². The molecule has 1 unspecified atom stereocenters. The molecular weight excluding hydrogens is 304 g/mol. The molecule has 2 aromatic carbocycles. The fraction of sp³-hybridized carbons (Fsp3) is 0.111. The molecule has 6 nitrogen and oxygen atoms in total. The number of para-hydroxylation sites is 1. The molecule has 1 aromatic heterocycles. The van der Waals surface area contributed by atoms with E-state index in [0.717, 1.165) is 11.3 Å². The molecule has 0 aliphatic carbocycles. The molecule has 1 atom stereocenters. The number of aromatic nitrogens is 1. The molecule has 1 aliphatic heterocycles. The molecule has 24 heavy (non-hydrogen) atoms. The predicted octanol–water partition coefficient (Wildman–Crippen LogP) is 2.75. The summed E-state index contributed by atoms with van der Waals surface area (Å²) in [5.74, 6) is -0.0161. The lowest BCUT2D eigenvalue weighted by Gasteiger charge is -2.36. The first-order valence-corrected chi connectivity index (χ1v) is 7.65. The van der Waals surface area contributed by atoms with Crippen LogP contribution in [-0.2, 0) is 0 Å². The highest BCUT2D eigenvalue weighted by Gasteiger charge is 2.35. The Hall–Kier alpha value is -3.28. The Morgan fingerprint density at radius 3 is 2.46 bits per heavy atom. The Morgan fingerprint density at radius 1 is 1.12 bits per heavy atom. The highest BCUT2D eigenvalue weighted by molar-refractivity contribution is 5.97. The molecule has 0 saturated heterocycles. The molecule has 0 fully saturated rings. The van der Waals surface area contributed by atoms with E-state index >= 15 is 0 Å². The Labute approximate surface area is 138 Å². The minimum atomic E-state index is -0.604. The maximum Gasteiger partial charge on any atom is 0.273 e. The minimum absolute atomic E-state index is 0.138. The first-order valence-electron chi connectivity index (χ1n) is 7.65. The average molecular weight is 320 g/mol. The number of benzene rings is 2. The highest BCUT2D eigenvalue weighted by atomic mass is 16.5. The Balaban J connectivity index is 1.86. The summed E-state index contributed by atoms with van der Waals surface area (Å²) in [7, 11) is 0. The topological polar surface area (TPSA) is 84.4 Å². The van der Waals surface area contributed by atoms with E-state index in [4.69, 9.17) is 10.3 Å². The molecule has 6 heteroatoms. The minimum Gasteiger partial charge on any atom is -0.364 e. The van der Waals surface area contributed by atoms with Gasteiger partial charge < -0.3 is 20.5 Å². The molecule has 0 spiro atoms. The van der Waals surface area contributed by atoms with Crippen molar-refractivity contribution in [3.05, 3.63) is 77.7 Å². The number of carbonyl (C=O) groups excluding carboxylic acids is 1. The van der Waals surface area contributed by atoms with Gasteiger partial charge >= 0.3 is 0 Å². The van der Waals surface area contributed by atoms with Crippen molar-refractivity contribution in [2.24, 2.45) is 5.73 Å². The zero-order valence-corrected chi connectivity index (χ0v) is 12.8. The second kappa shape index (κ2) is 5.73. The summed E-state index contributed by atoms with van der Waals surface area (Å²) in [5.41, 5.74) is 8.20. The van der Waals surface area contributed by atoms with Crippen LogP contribution >= 0.6 is 0 Å². The van der Waals surface area contributed by atoms with E-state index in [2.05, 4.69) is 15.4 Å². The number of nitrogens with zero attached hydrogens (tertiary/aromatic N) is 2. The van der Waals surface area contributed by atoms with Crippen LogP contribution in [0.3, 0.4) is 0 Å². The molecule has 2 heterocycles. The summed E-state index contributed by atoms with van der Waals surface area (Å²) in [6, 6.07) is 19.8. The number of nitrogens with one attached hydrogen (secondary N) is 1. The average Bonchev–Trinajstić information content (AvgIpc) is 3.06. The van der Waals surface area contributed by atoms with Gasteiger partial charge in [0.2, 0.25) is 0 Å². The van der Waals surface area contributed by atoms with Crippen molar-refractivity contribution >= 4 is 17.3 Å². The van der Waals surface area contributed by atoms with Crippen molar-refractivity contribution in [3.8, 4) is 0 Å². The van der Waals surface area contributed by atoms with E-state index in [9.17, 15) is 4.79 Å². The molecule has 4 rings (SSSR count). The zero-order valence-electron chi connectivity index (χ0n) is 12.8. The Bertz CT molecular complexity index is 861. The number of rotatable bonds is 3. The van der Waals surface area contributed by atoms with Crippen LogP contribution in [0.1, 0.15) is 27.9 Å². The second-order valence-corrected chi connectivity index (χ2v) is 5.59. The van der Waals surface area contributed by atoms with Gasteiger partial charge in [0.05, 0.1) is 6.67 Å². The van der Waals surface area contributed by atoms with Crippen molar-refractivity contribution in [1.29, 1.82) is 0 Å². The molecule has 1 aliphatic rings. The third-order valence-electron chi connectivity index (χ3n) is 4.14. The molecule has 0 saturated carbocycles. The van der Waals surface area contributed by atoms with E-state index in [-0.39, 0.29) is 11.7 Å². The van der Waals surface area contributed by atoms with Crippen LogP contribution in [0.15, 0.2) is 65.2 Å². The van der Waals surface area contributed by atoms with Crippen LogP contribution in [0, 0.1) is 0 Å². The van der Waals surface area contributed by atoms with Gasteiger partial charge in [0, 0.05) is 5.69 Å². The van der Waals surface area contributed by atoms with Crippen molar-refractivity contribution in [3.63, 3.8) is 0 Å². The summed E-state index contributed by atoms with van der Waals surface area (Å²) >= 11 is 0. The van der Waals surface area contributed by atoms with Crippen LogP contribution in [0.2, 0.25) is 0 Å². The monoisotopic (exact) mass is 320 g/mol. The Morgan fingerprint density at radius 2 is 1.79 bits per heavy atom. The van der Waals surface area contributed by atoms with Gasteiger partial charge in [0.15, 0.2) is 11.5 Å². The highest BCUT2D eigenvalue weighted by Crippen LogP contribution is 2.40. The van der Waals surface area contributed by atoms with E-state index in [0.29, 0.717) is 18.1 Å². The maximum absolute atomic E-state index is 11.6. The van der Waals surface area contributed by atoms with E-state index in [1.54, 1.807) is 0 Å². The summed E-state index contributed by atoms with van der Waals surface area (Å²) in [4.78, 5) is 13.7. The molecule has 0 radical (unpaired) electrons. The standard InChI is InChI=1S/C18H16N4O2/c19-18(23)15-14-17(24-21-15)16(12-7-3-1-4-8-12)22(11-20-14)13-9-5-2-6-10-13/h1-10,16,20H,11H2,(H2,19,23). The molecule has 0 bridgehead atoms. The molecule has 1 amide bonds. The smallest absolute Gasteiger partial charge is 0.273 e. The van der Waals surface area contributed by atoms with Crippen molar-refractivity contribution < 1.29 is 9.32 Å². The number of amides is 1. The van der Waals surface area contributed by atoms with Crippen LogP contribution in [0.5, 0.6) is 0 Å². The fourth-order valence-corrected chi connectivity index (χ4v) is 3.05. The van der Waals surface area contributed by atoms with E-state index < -0.39 is 5.91 Å². The van der Waals surface area contributed by atoms with Crippen LogP contribution in [0.25, 0.3) is 0 Å². The first kappa shape index (κ1) is 14.3. The van der Waals surface area contributed by atoms with Gasteiger partial charge in [0.1, 0.15) is 11.7 Å². The fourth-order valence-electron chi connectivity index (χ4n) is 3.05. The summed E-state index contributed by atoms with van der Waals surface area (Å²) < 4.78 is 5.51. The summed E-state index contributed by atoms with van der Waals surface area (Å²) in [6.07, 6.45) is 0. The van der Waals surface area contributed by atoms with E-state index in [1.807, 2.05) is 60.7 Å². The third-order valence-corrected chi connectivity index (χ3v) is 4.14. The Kier molecular flexibility index (Phi) is 3.42. The lowest BCUT2D eigenvalue weighted by atomic mass is 9.99. The number of hydrogen-bond donors (Lipinski definition) is 2. The quantitative estimate of drug-likeness (QED) is 0.775. The molecular formula is C18H16N4O2. The maximum atomic E-state index is 11.6. The zero-order chi connectivity index (χ0) is 16.5. The van der Waals surface area contributed by atoms with Crippen LogP contribution < -0.4 is 16.0 Å². The van der Waals surface area contributed by atoms with Crippen LogP contribution in [0.4, 0.5) is 11.4 Å². The second-order valence-electron chi connectivity index (χ2n) is 5.59. The van der Waals surface area contributed by atoms with Gasteiger partial charge in [-0.05, 0) is 17.7 Å². The predicted molar refractivity (Wildman–Crippen MR) is 90.7 cm³/mol. The largest absolute Gasteiger partial charge is 0.364 e. The van der Waals surface area contributed by atoms with Crippen molar-refractivity contribution in [2.45, 2.75) is 6.04 Å². The third kappa shape index (κ3) is 2.28. The first-order chi connectivity index (χ1) is 11.8. The SMILES string of the molecule is NC(=O)c1noc2c1NCN(c1ccccc1)C2c1ccccc1. The number of primary amides is 1. The van der Waals surface area contributed by atoms with Crippen LogP contribution in [-0.4, -0.2) is 17.7 Å². The summed E-state index contributed by atoms with van der Waals surface area (Å²) in [5, 5.41) is 7.07. The normalized spacial score (nSPS) is 16.3. The number of anilines is 2. The number of hydrogen-bond acceptors (Lipinski definition) is 5. The molecule has 3 aromatic rings. The van der Waals surface area contributed by atoms with Crippen molar-refractivity contribution in [1.82, 2.24) is 5.16 Å². The van der Waals surface area contributed by atoms with Gasteiger partial charge in [-0.3, -0.25) is 4.79 Å². The van der Waals surface area contributed by atoms with Gasteiger partial charge in [-0.15, -0.1) is 0 Å². The van der Waals surface area contributed by atoms with E-state index in [1.165, 1.54) is 0 Å². The van der Waals surface area contributed by atoms with Gasteiger partial charge in [0.25, 0.3) is 5.91 Å². The summed E-state index contributed by atoms with van der Waals surface area (Å²) in [6.45, 7) is 0.512. The number of fused-ring (bicyclic) bond motifs is 1. The van der Waals surface area contributed by atoms with Gasteiger partial charge in [-0.2, -0.15) is 0 Å². The van der Waals surface area contributed by atoms with Gasteiger partial charge in [-0.1, -0.05) is 53.7 Å². The molecule has 3 N–H and O–H groups in total. The molecule has 120 valence electrons. The number of carbonyl (C=O) groups is 1. The van der Waals surface area contributed by atoms with Crippen molar-refractivity contribution in [2.75, 3.05) is 16.9 Å². The lowest BCUT2D eigenvalue weighted by Crippen LogP contribution is -2.38.